The third-order valence-corrected chi connectivity index (χ3v) is 9.31. The molecule has 37 heavy (non-hydrogen) atoms. The van der Waals surface area contributed by atoms with E-state index in [2.05, 4.69) is 6.92 Å². The Morgan fingerprint density at radius 3 is 1.68 bits per heavy atom. The minimum absolute atomic E-state index is 0.0318. The van der Waals surface area contributed by atoms with Crippen molar-refractivity contribution in [2.75, 3.05) is 45.9 Å². The molecular weight excluding hydrogens is 513 g/mol. The minimum Gasteiger partial charge on any atom is -0.377 e. The summed E-state index contributed by atoms with van der Waals surface area (Å²) < 4.78 is 47.0. The molecule has 0 aromatic heterocycles. The first-order valence-electron chi connectivity index (χ1n) is 14.5. The highest BCUT2D eigenvalue weighted by Gasteiger charge is 2.33. The molecule has 224 valence electrons. The molecule has 0 spiro atoms. The maximum Gasteiger partial charge on any atom is 0.469 e. The predicted molar refractivity (Wildman–Crippen MR) is 153 cm³/mol. The summed E-state index contributed by atoms with van der Waals surface area (Å²) in [5.74, 6) is 0.315. The van der Waals surface area contributed by atoms with E-state index in [1.54, 1.807) is 0 Å². The van der Waals surface area contributed by atoms with Crippen molar-refractivity contribution in [3.8, 4) is 0 Å². The van der Waals surface area contributed by atoms with E-state index in [0.29, 0.717) is 10.9 Å². The molecule has 0 saturated carbocycles. The van der Waals surface area contributed by atoms with Crippen molar-refractivity contribution in [2.24, 2.45) is 5.92 Å². The van der Waals surface area contributed by atoms with E-state index in [1.165, 1.54) is 64.2 Å². The zero-order valence-electron chi connectivity index (χ0n) is 24.7. The molecule has 0 rings (SSSR count). The molecule has 0 aliphatic heterocycles. The standard InChI is InChI=1S/C27H58NO7PS/c1-7-8-9-10-11-12-13-14-15-16-17-18-19-21-37(32,33)22-20-34-26(3)23-25(2)27(28(4,5)6)24-35-36(29,30)31/h25-27H,7-24H2,1-6H3,(H-,29,30,31)/p+1. The maximum absolute atomic E-state index is 12.4. The van der Waals surface area contributed by atoms with Crippen LogP contribution in [0.5, 0.6) is 0 Å². The van der Waals surface area contributed by atoms with Gasteiger partial charge in [0.1, 0.15) is 12.6 Å². The van der Waals surface area contributed by atoms with Gasteiger partial charge in [0.2, 0.25) is 0 Å². The summed E-state index contributed by atoms with van der Waals surface area (Å²) in [5, 5.41) is 0. The molecule has 8 nitrogen and oxygen atoms in total. The first-order chi connectivity index (χ1) is 17.2. The van der Waals surface area contributed by atoms with Gasteiger partial charge < -0.3 is 19.0 Å². The number of ether oxygens (including phenoxy) is 1. The van der Waals surface area contributed by atoms with Gasteiger partial charge in [-0.3, -0.25) is 4.52 Å². The molecule has 0 fully saturated rings. The fourth-order valence-electron chi connectivity index (χ4n) is 4.89. The van der Waals surface area contributed by atoms with Gasteiger partial charge in [-0.25, -0.2) is 13.0 Å². The molecular formula is C27H59NO7PS+. The molecule has 3 atom stereocenters. The van der Waals surface area contributed by atoms with Crippen LogP contribution in [-0.2, 0) is 23.7 Å². The normalized spacial score (nSPS) is 15.6. The average molecular weight is 573 g/mol. The van der Waals surface area contributed by atoms with Gasteiger partial charge in [0, 0.05) is 5.92 Å². The second-order valence-electron chi connectivity index (χ2n) is 11.8. The minimum atomic E-state index is -4.53. The summed E-state index contributed by atoms with van der Waals surface area (Å²) in [7, 11) is -1.78. The van der Waals surface area contributed by atoms with Gasteiger partial charge in [0.25, 0.3) is 0 Å². The van der Waals surface area contributed by atoms with E-state index in [1.807, 2.05) is 35.0 Å². The Bertz CT molecular complexity index is 706. The van der Waals surface area contributed by atoms with Crippen LogP contribution >= 0.6 is 7.82 Å². The first-order valence-corrected chi connectivity index (χ1v) is 17.9. The molecule has 0 saturated heterocycles. The number of sulfone groups is 1. The molecule has 2 N–H and O–H groups in total. The lowest BCUT2D eigenvalue weighted by Gasteiger charge is -2.38. The van der Waals surface area contributed by atoms with Crippen LogP contribution in [0, 0.1) is 5.92 Å². The van der Waals surface area contributed by atoms with E-state index < -0.39 is 17.7 Å². The van der Waals surface area contributed by atoms with Crippen molar-refractivity contribution < 1.29 is 36.5 Å². The second kappa shape index (κ2) is 19.9. The maximum atomic E-state index is 12.4. The number of nitrogens with zero attached hydrogens (tertiary/aromatic N) is 1. The van der Waals surface area contributed by atoms with Crippen LogP contribution in [0.2, 0.25) is 0 Å². The Morgan fingerprint density at radius 1 is 0.784 bits per heavy atom. The Morgan fingerprint density at radius 2 is 1.24 bits per heavy atom. The largest absolute Gasteiger partial charge is 0.469 e. The number of hydrogen-bond donors (Lipinski definition) is 2. The number of likely N-dealkylation sites (N-methyl/N-ethyl adjacent to an activating group) is 1. The molecule has 10 heteroatoms. The topological polar surface area (TPSA) is 110 Å². The van der Waals surface area contributed by atoms with E-state index in [9.17, 15) is 13.0 Å². The van der Waals surface area contributed by atoms with Gasteiger partial charge >= 0.3 is 7.82 Å². The van der Waals surface area contributed by atoms with Gasteiger partial charge in [-0.05, 0) is 19.8 Å². The van der Waals surface area contributed by atoms with Crippen LogP contribution in [0.3, 0.4) is 0 Å². The molecule has 0 bridgehead atoms. The van der Waals surface area contributed by atoms with Crippen LogP contribution in [0.4, 0.5) is 0 Å². The summed E-state index contributed by atoms with van der Waals surface area (Å²) in [4.78, 5) is 18.1. The molecule has 0 aliphatic carbocycles. The third kappa shape index (κ3) is 22.5. The molecule has 0 radical (unpaired) electrons. The van der Waals surface area contributed by atoms with E-state index in [4.69, 9.17) is 19.0 Å². The summed E-state index contributed by atoms with van der Waals surface area (Å²) in [6.45, 7) is 6.27. The lowest BCUT2D eigenvalue weighted by molar-refractivity contribution is -0.900. The lowest BCUT2D eigenvalue weighted by atomic mass is 9.94. The van der Waals surface area contributed by atoms with Crippen LogP contribution in [0.15, 0.2) is 0 Å². The van der Waals surface area contributed by atoms with Gasteiger partial charge in [-0.15, -0.1) is 0 Å². The number of phosphoric ester groups is 1. The Kier molecular flexibility index (Phi) is 19.9. The second-order valence-corrected chi connectivity index (χ2v) is 15.3. The number of hydrogen-bond acceptors (Lipinski definition) is 5. The highest BCUT2D eigenvalue weighted by atomic mass is 32.2. The fourth-order valence-corrected chi connectivity index (χ4v) is 6.44. The van der Waals surface area contributed by atoms with Crippen LogP contribution in [0.1, 0.15) is 111 Å². The van der Waals surface area contributed by atoms with Crippen LogP contribution in [0.25, 0.3) is 0 Å². The first kappa shape index (κ1) is 37.0. The highest BCUT2D eigenvalue weighted by Crippen LogP contribution is 2.37. The number of quaternary nitrogens is 1. The Hall–Kier alpha value is -0.0200. The predicted octanol–water partition coefficient (Wildman–Crippen LogP) is 6.11. The monoisotopic (exact) mass is 572 g/mol. The highest BCUT2D eigenvalue weighted by molar-refractivity contribution is 7.91. The van der Waals surface area contributed by atoms with Gasteiger partial charge in [0.15, 0.2) is 9.84 Å². The molecule has 0 aromatic rings. The molecule has 0 aliphatic rings. The quantitative estimate of drug-likeness (QED) is 0.0772. The van der Waals surface area contributed by atoms with Crippen molar-refractivity contribution in [2.45, 2.75) is 123 Å². The van der Waals surface area contributed by atoms with E-state index >= 15 is 0 Å². The molecule has 0 heterocycles. The number of rotatable bonds is 25. The zero-order chi connectivity index (χ0) is 28.4. The fraction of sp³-hybridized carbons (Fsp3) is 1.00. The Labute approximate surface area is 228 Å². The lowest BCUT2D eigenvalue weighted by Crippen LogP contribution is -2.51. The van der Waals surface area contributed by atoms with Crippen LogP contribution in [-0.4, -0.2) is 80.7 Å². The summed E-state index contributed by atoms with van der Waals surface area (Å²) >= 11 is 0. The van der Waals surface area contributed by atoms with Crippen molar-refractivity contribution >= 4 is 17.7 Å². The molecule has 3 unspecified atom stereocenters. The summed E-state index contributed by atoms with van der Waals surface area (Å²) in [5.41, 5.74) is 0. The smallest absolute Gasteiger partial charge is 0.377 e. The SMILES string of the molecule is CCCCCCCCCCCCCCCS(=O)(=O)CCOC(C)CC(C)C(COP(=O)(O)O)[N+](C)(C)C. The summed E-state index contributed by atoms with van der Waals surface area (Å²) in [6, 6.07) is -0.141. The van der Waals surface area contributed by atoms with Crippen molar-refractivity contribution in [3.63, 3.8) is 0 Å². The molecule has 0 aromatic carbocycles. The van der Waals surface area contributed by atoms with Gasteiger partial charge in [-0.2, -0.15) is 0 Å². The van der Waals surface area contributed by atoms with Crippen molar-refractivity contribution in [1.29, 1.82) is 0 Å². The summed E-state index contributed by atoms with van der Waals surface area (Å²) in [6.07, 6.45) is 16.5. The Balaban J connectivity index is 4.02. The number of unbranched alkanes of at least 4 members (excludes halogenated alkanes) is 12. The van der Waals surface area contributed by atoms with Crippen molar-refractivity contribution in [1.82, 2.24) is 0 Å². The van der Waals surface area contributed by atoms with E-state index in [-0.39, 0.29) is 42.8 Å². The van der Waals surface area contributed by atoms with Crippen molar-refractivity contribution in [3.05, 3.63) is 0 Å². The average Bonchev–Trinajstić information content (AvgIpc) is 2.75. The third-order valence-electron chi connectivity index (χ3n) is 7.12. The van der Waals surface area contributed by atoms with Crippen LogP contribution < -0.4 is 0 Å². The number of phosphoric acid groups is 1. The zero-order valence-corrected chi connectivity index (χ0v) is 26.4. The molecule has 0 amide bonds. The van der Waals surface area contributed by atoms with Gasteiger partial charge in [-0.1, -0.05) is 90.9 Å². The van der Waals surface area contributed by atoms with E-state index in [0.717, 1.165) is 19.3 Å². The van der Waals surface area contributed by atoms with Gasteiger partial charge in [0.05, 0.1) is 45.4 Å².